The molecule has 1 nitrogen and oxygen atoms in total. The number of rotatable bonds is 2. The van der Waals surface area contributed by atoms with Crippen molar-refractivity contribution in [3.8, 4) is 22.3 Å². The smallest absolute Gasteiger partial charge is 0.145 e. The lowest BCUT2D eigenvalue weighted by atomic mass is 9.56. The standard InChI is InChI=1S/C40H48B24O/c41-15-5(8-10(23(49)30(15)56)24(50)36(62)35(61)20(8)46)1-3-6(18(44)33(59)31(57)16(3)42)2(7-4(1)17(43)32(58)34(60)19(7)45)9-21(47)27(53)14-13-26(52)22(48)11-12(39(13)65-40(14)29(9)55)28(54)38(64)37(63)25(11)51/h41-64H2. The highest BCUT2D eigenvalue weighted by molar-refractivity contribution is 6.77. The highest BCUT2D eigenvalue weighted by Crippen LogP contribution is 2.41. The normalized spacial score (nSPS) is 11.9. The summed E-state index contributed by atoms with van der Waals surface area (Å²) in [5, 5.41) is 13.6. The minimum absolute atomic E-state index is 1.03. The lowest BCUT2D eigenvalue weighted by Gasteiger charge is -2.32. The zero-order chi connectivity index (χ0) is 47.8. The number of hydrogen-bond acceptors (Lipinski definition) is 1. The Morgan fingerprint density at radius 1 is 0.138 bits per heavy atom. The Balaban J connectivity index is 1.63. The third-order valence-electron chi connectivity index (χ3n) is 18.9. The van der Waals surface area contributed by atoms with Crippen LogP contribution >= 0.6 is 0 Å². The van der Waals surface area contributed by atoms with Crippen LogP contribution in [0.5, 0.6) is 0 Å². The van der Waals surface area contributed by atoms with E-state index in [0.717, 1.165) is 11.2 Å². The highest BCUT2D eigenvalue weighted by atomic mass is 16.3. The minimum Gasteiger partial charge on any atom is -0.456 e. The number of furan rings is 1. The van der Waals surface area contributed by atoms with Gasteiger partial charge in [0, 0.05) is 16.2 Å². The van der Waals surface area contributed by atoms with Crippen molar-refractivity contribution in [1.29, 1.82) is 0 Å². The summed E-state index contributed by atoms with van der Waals surface area (Å²) < 4.78 is 7.51. The van der Waals surface area contributed by atoms with Crippen molar-refractivity contribution < 1.29 is 4.42 Å². The van der Waals surface area contributed by atoms with Crippen LogP contribution in [-0.2, 0) is 0 Å². The van der Waals surface area contributed by atoms with Gasteiger partial charge in [0.2, 0.25) is 0 Å². The molecule has 0 radical (unpaired) electrons. The van der Waals surface area contributed by atoms with Crippen LogP contribution in [0.15, 0.2) is 4.42 Å². The average Bonchev–Trinajstić information content (AvgIpc) is 3.68. The molecular weight excluding hydrogens is 756 g/mol. The summed E-state index contributed by atoms with van der Waals surface area (Å²) in [6.07, 6.45) is 0. The van der Waals surface area contributed by atoms with E-state index in [-0.39, 0.29) is 0 Å². The molecule has 8 aromatic carbocycles. The van der Waals surface area contributed by atoms with Gasteiger partial charge in [-0.05, 0) is 65.4 Å². The van der Waals surface area contributed by atoms with E-state index in [9.17, 15) is 0 Å². The quantitative estimate of drug-likeness (QED) is 0.125. The summed E-state index contributed by atoms with van der Waals surface area (Å²) in [6.45, 7) is 0. The SMILES string of the molecule is Bc1c(B)c(B)c2c(-c3c4c(B)c(B)c(B)c(B)c4c(-c4c(B)c(B)c5c(oc6c7c(B)c(B)c(B)c(B)c7c(B)c(B)c65)c4B)c4c(B)c(B)c(B)c(B)c34)c(B)c(B)c(B)c2c1B. The van der Waals surface area contributed by atoms with Gasteiger partial charge in [-0.3, -0.25) is 0 Å². The third kappa shape index (κ3) is 5.75. The van der Waals surface area contributed by atoms with E-state index in [2.05, 4.69) is 188 Å². The van der Waals surface area contributed by atoms with Crippen LogP contribution in [0.1, 0.15) is 0 Å². The summed E-state index contributed by atoms with van der Waals surface area (Å²) >= 11 is 0. The molecule has 0 aliphatic rings. The Kier molecular flexibility index (Phi) is 10.9. The van der Waals surface area contributed by atoms with Gasteiger partial charge in [0.05, 0.1) is 0 Å². The molecular formula is C40H48B24O. The van der Waals surface area contributed by atoms with Crippen LogP contribution in [0.4, 0.5) is 0 Å². The second-order valence-corrected chi connectivity index (χ2v) is 21.0. The molecule has 0 saturated heterocycles. The molecule has 25 heteroatoms. The monoisotopic (exact) mass is 809 g/mol. The van der Waals surface area contributed by atoms with Crippen LogP contribution in [0, 0.1) is 0 Å². The second-order valence-electron chi connectivity index (χ2n) is 21.0. The maximum absolute atomic E-state index is 7.51. The first kappa shape index (κ1) is 46.3. The Morgan fingerprint density at radius 3 is 0.723 bits per heavy atom. The molecule has 0 atom stereocenters. The van der Waals surface area contributed by atoms with E-state index < -0.39 is 0 Å². The van der Waals surface area contributed by atoms with E-state index >= 15 is 0 Å². The van der Waals surface area contributed by atoms with Gasteiger partial charge in [0.15, 0.2) is 0 Å². The molecule has 9 rings (SSSR count). The lowest BCUT2D eigenvalue weighted by Crippen LogP contribution is -2.53. The van der Waals surface area contributed by atoms with Crippen LogP contribution in [-0.4, -0.2) is 188 Å². The van der Waals surface area contributed by atoms with E-state index in [1.807, 2.05) is 0 Å². The molecule has 9 aromatic rings. The lowest BCUT2D eigenvalue weighted by molar-refractivity contribution is 0.676. The van der Waals surface area contributed by atoms with Crippen molar-refractivity contribution >= 4 is 384 Å². The van der Waals surface area contributed by atoms with Crippen molar-refractivity contribution in [1.82, 2.24) is 0 Å². The number of hydrogen-bond donors (Lipinski definition) is 0. The van der Waals surface area contributed by atoms with Gasteiger partial charge in [-0.1, -0.05) is 76.5 Å². The maximum atomic E-state index is 7.51. The second kappa shape index (κ2) is 15.3. The largest absolute Gasteiger partial charge is 0.456 e. The Labute approximate surface area is 408 Å². The van der Waals surface area contributed by atoms with Crippen molar-refractivity contribution in [2.24, 2.45) is 0 Å². The van der Waals surface area contributed by atoms with Gasteiger partial charge >= 0.3 is 0 Å². The fraction of sp³-hybridized carbons (Fsp3) is 0. The van der Waals surface area contributed by atoms with Gasteiger partial charge in [-0.2, -0.15) is 0 Å². The molecule has 286 valence electrons. The molecule has 65 heavy (non-hydrogen) atoms. The summed E-state index contributed by atoms with van der Waals surface area (Å²) in [4.78, 5) is 0. The van der Waals surface area contributed by atoms with Crippen LogP contribution in [0.25, 0.3) is 87.3 Å². The summed E-state index contributed by atoms with van der Waals surface area (Å²) in [6, 6.07) is 0. The zero-order valence-corrected chi connectivity index (χ0v) is 44.4. The van der Waals surface area contributed by atoms with E-state index in [1.165, 1.54) is 207 Å². The molecule has 0 bridgehead atoms. The molecule has 0 aliphatic heterocycles. The Bertz CT molecular complexity index is 3730. The van der Waals surface area contributed by atoms with Crippen LogP contribution in [0.3, 0.4) is 0 Å². The minimum atomic E-state index is 1.03. The Morgan fingerprint density at radius 2 is 0.338 bits per heavy atom. The van der Waals surface area contributed by atoms with Crippen molar-refractivity contribution in [3.63, 3.8) is 0 Å². The van der Waals surface area contributed by atoms with E-state index in [1.54, 1.807) is 0 Å². The summed E-state index contributed by atoms with van der Waals surface area (Å²) in [5.74, 6) is 0. The number of benzene rings is 8. The Hall–Kier alpha value is -3.84. The molecule has 0 fully saturated rings. The van der Waals surface area contributed by atoms with E-state index in [4.69, 9.17) is 4.42 Å². The fourth-order valence-corrected chi connectivity index (χ4v) is 13.0. The molecule has 0 spiro atoms. The highest BCUT2D eigenvalue weighted by Gasteiger charge is 2.31. The first-order valence-corrected chi connectivity index (χ1v) is 24.2. The predicted molar refractivity (Wildman–Crippen MR) is 371 cm³/mol. The van der Waals surface area contributed by atoms with Gasteiger partial charge in [-0.15, -0.1) is 49.2 Å². The third-order valence-corrected chi connectivity index (χ3v) is 18.9. The van der Waals surface area contributed by atoms with Crippen molar-refractivity contribution in [2.45, 2.75) is 0 Å². The maximum Gasteiger partial charge on any atom is 0.145 e. The summed E-state index contributed by atoms with van der Waals surface area (Å²) in [7, 11) is 56.6. The van der Waals surface area contributed by atoms with Gasteiger partial charge in [-0.25, -0.2) is 0 Å². The van der Waals surface area contributed by atoms with Gasteiger partial charge in [0.25, 0.3) is 0 Å². The van der Waals surface area contributed by atoms with Gasteiger partial charge < -0.3 is 4.42 Å². The average molecular weight is 804 g/mol. The number of fused-ring (bicyclic) bond motifs is 8. The molecule has 0 unspecified atom stereocenters. The van der Waals surface area contributed by atoms with Crippen LogP contribution < -0.4 is 131 Å². The molecule has 0 N–H and O–H groups in total. The molecule has 1 aromatic heterocycles. The fourth-order valence-electron chi connectivity index (χ4n) is 13.0. The molecule has 0 amide bonds. The van der Waals surface area contributed by atoms with Crippen molar-refractivity contribution in [3.05, 3.63) is 0 Å². The van der Waals surface area contributed by atoms with Gasteiger partial charge in [0.1, 0.15) is 199 Å². The summed E-state index contributed by atoms with van der Waals surface area (Å²) in [5.41, 5.74) is 40.5. The van der Waals surface area contributed by atoms with Crippen LogP contribution in [0.2, 0.25) is 0 Å². The first-order chi connectivity index (χ1) is 30.3. The van der Waals surface area contributed by atoms with E-state index in [0.29, 0.717) is 0 Å². The molecule has 1 heterocycles. The zero-order valence-electron chi connectivity index (χ0n) is 44.4. The molecule has 0 aliphatic carbocycles. The topological polar surface area (TPSA) is 13.1 Å². The first-order valence-electron chi connectivity index (χ1n) is 24.2. The molecule has 0 saturated carbocycles. The predicted octanol–water partition coefficient (Wildman–Crippen LogP) is -30.3. The van der Waals surface area contributed by atoms with Crippen molar-refractivity contribution in [2.75, 3.05) is 0 Å².